The van der Waals surface area contributed by atoms with Crippen LogP contribution < -0.4 is 0 Å². The third kappa shape index (κ3) is 2.18. The molecular weight excluding hydrogens is 210 g/mol. The fourth-order valence-electron chi connectivity index (χ4n) is 1.64. The lowest BCUT2D eigenvalue weighted by Gasteiger charge is -2.14. The Morgan fingerprint density at radius 3 is 2.60 bits per heavy atom. The molecule has 0 amide bonds. The van der Waals surface area contributed by atoms with Crippen molar-refractivity contribution < 1.29 is 0 Å². The van der Waals surface area contributed by atoms with E-state index in [1.54, 1.807) is 6.20 Å². The predicted molar refractivity (Wildman–Crippen MR) is 59.9 cm³/mol. The van der Waals surface area contributed by atoms with E-state index >= 15 is 0 Å². The Bertz CT molecular complexity index is 408. The second kappa shape index (κ2) is 4.45. The molecule has 1 unspecified atom stereocenters. The van der Waals surface area contributed by atoms with Crippen molar-refractivity contribution in [2.24, 2.45) is 0 Å². The van der Waals surface area contributed by atoms with Crippen LogP contribution >= 0.6 is 11.6 Å². The molecule has 0 radical (unpaired) electrons. The molecule has 0 aliphatic heterocycles. The van der Waals surface area contributed by atoms with Crippen molar-refractivity contribution in [1.29, 1.82) is 0 Å². The summed E-state index contributed by atoms with van der Waals surface area (Å²) < 4.78 is 1.86. The maximum absolute atomic E-state index is 5.85. The van der Waals surface area contributed by atoms with Crippen LogP contribution in [0.25, 0.3) is 0 Å². The summed E-state index contributed by atoms with van der Waals surface area (Å²) in [5, 5.41) is 8.60. The summed E-state index contributed by atoms with van der Waals surface area (Å²) >= 11 is 5.85. The van der Waals surface area contributed by atoms with Crippen LogP contribution in [-0.4, -0.2) is 15.0 Å². The number of benzene rings is 1. The van der Waals surface area contributed by atoms with E-state index in [0.717, 1.165) is 11.4 Å². The normalized spacial score (nSPS) is 12.7. The molecule has 78 valence electrons. The fourth-order valence-corrected chi connectivity index (χ4v) is 1.77. The minimum Gasteiger partial charge on any atom is -0.245 e. The molecule has 0 fully saturated rings. The predicted octanol–water partition coefficient (Wildman–Crippen LogP) is 2.93. The van der Waals surface area contributed by atoms with E-state index in [9.17, 15) is 0 Å². The molecule has 1 heterocycles. The first kappa shape index (κ1) is 10.2. The summed E-state index contributed by atoms with van der Waals surface area (Å²) in [5.41, 5.74) is 1.20. The maximum atomic E-state index is 5.85. The van der Waals surface area contributed by atoms with Crippen LogP contribution in [0.1, 0.15) is 24.9 Å². The van der Waals surface area contributed by atoms with Crippen molar-refractivity contribution in [3.8, 4) is 0 Å². The highest BCUT2D eigenvalue weighted by atomic mass is 35.5. The van der Waals surface area contributed by atoms with Crippen molar-refractivity contribution in [2.45, 2.75) is 19.4 Å². The van der Waals surface area contributed by atoms with Crippen molar-refractivity contribution in [3.05, 3.63) is 47.2 Å². The zero-order valence-electron chi connectivity index (χ0n) is 8.47. The monoisotopic (exact) mass is 221 g/mol. The van der Waals surface area contributed by atoms with E-state index < -0.39 is 0 Å². The smallest absolute Gasteiger partial charge is 0.0783 e. The van der Waals surface area contributed by atoms with Crippen molar-refractivity contribution in [2.75, 3.05) is 0 Å². The average Bonchev–Trinajstić information content (AvgIpc) is 2.75. The van der Waals surface area contributed by atoms with Gasteiger partial charge < -0.3 is 0 Å². The molecule has 0 aliphatic rings. The lowest BCUT2D eigenvalue weighted by molar-refractivity contribution is 0.493. The largest absolute Gasteiger partial charge is 0.245 e. The summed E-state index contributed by atoms with van der Waals surface area (Å²) in [6.45, 7) is 2.13. The number of aromatic nitrogens is 3. The lowest BCUT2D eigenvalue weighted by atomic mass is 10.1. The Morgan fingerprint density at radius 1 is 1.33 bits per heavy atom. The van der Waals surface area contributed by atoms with E-state index in [1.807, 2.05) is 35.1 Å². The number of halogens is 1. The average molecular weight is 222 g/mol. The third-order valence-corrected chi connectivity index (χ3v) is 2.65. The minimum absolute atomic E-state index is 0.241. The Balaban J connectivity index is 2.31. The molecule has 0 saturated carbocycles. The standard InChI is InChI=1S/C11H12ClN3/c1-2-11(15-8-7-13-14-15)9-3-5-10(12)6-4-9/h3-8,11H,2H2,1H3. The van der Waals surface area contributed by atoms with Gasteiger partial charge in [-0.25, -0.2) is 4.68 Å². The Hall–Kier alpha value is -1.35. The molecule has 0 spiro atoms. The van der Waals surface area contributed by atoms with E-state index in [1.165, 1.54) is 5.56 Å². The van der Waals surface area contributed by atoms with Crippen molar-refractivity contribution >= 4 is 11.6 Å². The molecule has 0 N–H and O–H groups in total. The number of hydrogen-bond donors (Lipinski definition) is 0. The van der Waals surface area contributed by atoms with Gasteiger partial charge in [-0.1, -0.05) is 35.9 Å². The Labute approximate surface area is 93.7 Å². The molecule has 15 heavy (non-hydrogen) atoms. The molecule has 1 atom stereocenters. The minimum atomic E-state index is 0.241. The highest BCUT2D eigenvalue weighted by Gasteiger charge is 2.11. The zero-order valence-corrected chi connectivity index (χ0v) is 9.22. The molecule has 1 aromatic heterocycles. The van der Waals surface area contributed by atoms with Crippen LogP contribution in [0.5, 0.6) is 0 Å². The third-order valence-electron chi connectivity index (χ3n) is 2.40. The van der Waals surface area contributed by atoms with Gasteiger partial charge in [-0.2, -0.15) is 0 Å². The molecule has 1 aromatic carbocycles. The van der Waals surface area contributed by atoms with E-state index in [0.29, 0.717) is 0 Å². The van der Waals surface area contributed by atoms with Crippen molar-refractivity contribution in [3.63, 3.8) is 0 Å². The maximum Gasteiger partial charge on any atom is 0.0783 e. The van der Waals surface area contributed by atoms with Gasteiger partial charge in [0.15, 0.2) is 0 Å². The molecule has 3 nitrogen and oxygen atoms in total. The van der Waals surface area contributed by atoms with Crippen LogP contribution in [0.15, 0.2) is 36.7 Å². The Morgan fingerprint density at radius 2 is 2.07 bits per heavy atom. The van der Waals surface area contributed by atoms with E-state index in [4.69, 9.17) is 11.6 Å². The number of rotatable bonds is 3. The van der Waals surface area contributed by atoms with Gasteiger partial charge in [0.05, 0.1) is 12.2 Å². The molecule has 0 aliphatic carbocycles. The highest BCUT2D eigenvalue weighted by Crippen LogP contribution is 2.22. The van der Waals surface area contributed by atoms with Gasteiger partial charge in [0.25, 0.3) is 0 Å². The van der Waals surface area contributed by atoms with Crippen LogP contribution in [-0.2, 0) is 0 Å². The van der Waals surface area contributed by atoms with Crippen LogP contribution in [0.3, 0.4) is 0 Å². The van der Waals surface area contributed by atoms with Crippen molar-refractivity contribution in [1.82, 2.24) is 15.0 Å². The summed E-state index contributed by atoms with van der Waals surface area (Å²) in [4.78, 5) is 0. The highest BCUT2D eigenvalue weighted by molar-refractivity contribution is 6.30. The number of nitrogens with zero attached hydrogens (tertiary/aromatic N) is 3. The Kier molecular flexibility index (Phi) is 3.02. The van der Waals surface area contributed by atoms with Crippen LogP contribution in [0.2, 0.25) is 5.02 Å². The van der Waals surface area contributed by atoms with E-state index in [2.05, 4.69) is 17.2 Å². The molecular formula is C11H12ClN3. The second-order valence-electron chi connectivity index (χ2n) is 3.36. The molecule has 4 heteroatoms. The summed E-state index contributed by atoms with van der Waals surface area (Å²) in [7, 11) is 0. The lowest BCUT2D eigenvalue weighted by Crippen LogP contribution is -2.10. The van der Waals surface area contributed by atoms with Crippen LogP contribution in [0, 0.1) is 0 Å². The fraction of sp³-hybridized carbons (Fsp3) is 0.273. The van der Waals surface area contributed by atoms with Gasteiger partial charge in [0.2, 0.25) is 0 Å². The van der Waals surface area contributed by atoms with Gasteiger partial charge in [-0.15, -0.1) is 5.10 Å². The van der Waals surface area contributed by atoms with E-state index in [-0.39, 0.29) is 6.04 Å². The van der Waals surface area contributed by atoms with Gasteiger partial charge in [-0.05, 0) is 24.1 Å². The summed E-state index contributed by atoms with van der Waals surface area (Å²) in [5.74, 6) is 0. The zero-order chi connectivity index (χ0) is 10.7. The molecule has 0 bridgehead atoms. The SMILES string of the molecule is CCC(c1ccc(Cl)cc1)n1ccnn1. The van der Waals surface area contributed by atoms with Gasteiger partial charge >= 0.3 is 0 Å². The first-order valence-electron chi connectivity index (χ1n) is 4.92. The molecule has 2 rings (SSSR count). The first-order chi connectivity index (χ1) is 7.31. The topological polar surface area (TPSA) is 30.7 Å². The molecule has 0 saturated heterocycles. The van der Waals surface area contributed by atoms with Crippen LogP contribution in [0.4, 0.5) is 0 Å². The second-order valence-corrected chi connectivity index (χ2v) is 3.80. The van der Waals surface area contributed by atoms with Gasteiger partial charge in [0, 0.05) is 11.2 Å². The summed E-state index contributed by atoms with van der Waals surface area (Å²) in [6.07, 6.45) is 4.55. The quantitative estimate of drug-likeness (QED) is 0.798. The number of hydrogen-bond acceptors (Lipinski definition) is 2. The summed E-state index contributed by atoms with van der Waals surface area (Å²) in [6, 6.07) is 8.09. The van der Waals surface area contributed by atoms with Gasteiger partial charge in [-0.3, -0.25) is 0 Å². The first-order valence-corrected chi connectivity index (χ1v) is 5.30. The van der Waals surface area contributed by atoms with Gasteiger partial charge in [0.1, 0.15) is 0 Å². The molecule has 2 aromatic rings.